The first-order chi connectivity index (χ1) is 9.01. The van der Waals surface area contributed by atoms with Gasteiger partial charge in [-0.15, -0.1) is 0 Å². The van der Waals surface area contributed by atoms with Gasteiger partial charge in [0.05, 0.1) is 18.3 Å². The fraction of sp³-hybridized carbons (Fsp3) is 0.385. The van der Waals surface area contributed by atoms with Crippen LogP contribution in [0, 0.1) is 0 Å². The van der Waals surface area contributed by atoms with E-state index in [1.54, 1.807) is 25.1 Å². The Morgan fingerprint density at radius 3 is 2.95 bits per heavy atom. The average Bonchev–Trinajstić information content (AvgIpc) is 2.36. The molecule has 1 aromatic carbocycles. The second-order valence-corrected chi connectivity index (χ2v) is 4.44. The summed E-state index contributed by atoms with van der Waals surface area (Å²) in [5.41, 5.74) is 1.25. The molecule has 0 fully saturated rings. The monoisotopic (exact) mass is 264 g/mol. The van der Waals surface area contributed by atoms with Crippen LogP contribution < -0.4 is 15.4 Å². The van der Waals surface area contributed by atoms with Crippen molar-refractivity contribution < 1.29 is 19.4 Å². The van der Waals surface area contributed by atoms with Gasteiger partial charge in [-0.05, 0) is 24.6 Å². The minimum atomic E-state index is -0.526. The summed E-state index contributed by atoms with van der Waals surface area (Å²) in [6, 6.07) is 4.65. The molecule has 1 heterocycles. The first-order valence-electron chi connectivity index (χ1n) is 6.00. The standard InChI is InChI=1S/C13H16N2O4/c1-7-13(18)15-10-5-9(3-4-12(10)19-7)11(6-16)14-8(2)17/h3-5,7,11,16H,6H2,1-2H3,(H,14,17)(H,15,18). The van der Waals surface area contributed by atoms with Crippen molar-refractivity contribution in [1.29, 1.82) is 0 Å². The van der Waals surface area contributed by atoms with Gasteiger partial charge in [-0.2, -0.15) is 0 Å². The molecule has 1 aliphatic rings. The van der Waals surface area contributed by atoms with Gasteiger partial charge in [0.1, 0.15) is 5.75 Å². The average molecular weight is 264 g/mol. The van der Waals surface area contributed by atoms with E-state index in [0.717, 1.165) is 0 Å². The molecule has 1 aromatic rings. The zero-order valence-electron chi connectivity index (χ0n) is 10.8. The number of hydrogen-bond acceptors (Lipinski definition) is 4. The first-order valence-corrected chi connectivity index (χ1v) is 6.00. The van der Waals surface area contributed by atoms with Gasteiger partial charge in [0.15, 0.2) is 6.10 Å². The molecule has 0 saturated carbocycles. The highest BCUT2D eigenvalue weighted by atomic mass is 16.5. The highest BCUT2D eigenvalue weighted by molar-refractivity contribution is 5.97. The minimum Gasteiger partial charge on any atom is -0.479 e. The fourth-order valence-corrected chi connectivity index (χ4v) is 1.92. The molecule has 0 aromatic heterocycles. The highest BCUT2D eigenvalue weighted by Crippen LogP contribution is 2.32. The number of carbonyl (C=O) groups is 2. The number of hydrogen-bond donors (Lipinski definition) is 3. The molecule has 2 amide bonds. The number of fused-ring (bicyclic) bond motifs is 1. The van der Waals surface area contributed by atoms with E-state index in [9.17, 15) is 14.7 Å². The lowest BCUT2D eigenvalue weighted by Crippen LogP contribution is -2.34. The van der Waals surface area contributed by atoms with E-state index >= 15 is 0 Å². The number of benzene rings is 1. The van der Waals surface area contributed by atoms with Crippen LogP contribution in [0.25, 0.3) is 0 Å². The van der Waals surface area contributed by atoms with Crippen molar-refractivity contribution in [3.8, 4) is 5.75 Å². The summed E-state index contributed by atoms with van der Waals surface area (Å²) < 4.78 is 5.43. The van der Waals surface area contributed by atoms with Gasteiger partial charge >= 0.3 is 0 Å². The van der Waals surface area contributed by atoms with Crippen LogP contribution in [-0.4, -0.2) is 29.6 Å². The maximum atomic E-state index is 11.5. The number of ether oxygens (including phenoxy) is 1. The molecule has 6 heteroatoms. The zero-order chi connectivity index (χ0) is 14.0. The Hall–Kier alpha value is -2.08. The van der Waals surface area contributed by atoms with Crippen molar-refractivity contribution in [2.24, 2.45) is 0 Å². The Balaban J connectivity index is 2.27. The number of nitrogens with one attached hydrogen (secondary N) is 2. The van der Waals surface area contributed by atoms with Crippen molar-refractivity contribution in [3.63, 3.8) is 0 Å². The quantitative estimate of drug-likeness (QED) is 0.745. The highest BCUT2D eigenvalue weighted by Gasteiger charge is 2.24. The Labute approximate surface area is 110 Å². The van der Waals surface area contributed by atoms with E-state index in [4.69, 9.17) is 4.74 Å². The number of aliphatic hydroxyl groups is 1. The van der Waals surface area contributed by atoms with Crippen LogP contribution in [0.1, 0.15) is 25.5 Å². The summed E-state index contributed by atoms with van der Waals surface area (Å²) in [5, 5.41) is 14.6. The SMILES string of the molecule is CC(=O)NC(CO)c1ccc2c(c1)NC(=O)C(C)O2. The van der Waals surface area contributed by atoms with Gasteiger partial charge in [0.2, 0.25) is 5.91 Å². The summed E-state index contributed by atoms with van der Waals surface area (Å²) in [5.74, 6) is 0.130. The van der Waals surface area contributed by atoms with Crippen LogP contribution in [0.4, 0.5) is 5.69 Å². The Morgan fingerprint density at radius 1 is 1.58 bits per heavy atom. The van der Waals surface area contributed by atoms with Crippen LogP contribution in [0.2, 0.25) is 0 Å². The van der Waals surface area contributed by atoms with Crippen LogP contribution >= 0.6 is 0 Å². The molecule has 6 nitrogen and oxygen atoms in total. The van der Waals surface area contributed by atoms with Crippen molar-refractivity contribution in [3.05, 3.63) is 23.8 Å². The first kappa shape index (κ1) is 13.4. The summed E-state index contributed by atoms with van der Waals surface area (Å²) in [4.78, 5) is 22.6. The largest absolute Gasteiger partial charge is 0.479 e. The number of carbonyl (C=O) groups excluding carboxylic acids is 2. The third-order valence-electron chi connectivity index (χ3n) is 2.90. The Morgan fingerprint density at radius 2 is 2.32 bits per heavy atom. The molecule has 0 saturated heterocycles. The van der Waals surface area contributed by atoms with Crippen molar-refractivity contribution in [1.82, 2.24) is 5.32 Å². The molecule has 0 radical (unpaired) electrons. The van der Waals surface area contributed by atoms with Gasteiger partial charge in [-0.25, -0.2) is 0 Å². The van der Waals surface area contributed by atoms with Gasteiger partial charge in [0, 0.05) is 6.92 Å². The number of rotatable bonds is 3. The number of aliphatic hydroxyl groups excluding tert-OH is 1. The molecule has 2 atom stereocenters. The van der Waals surface area contributed by atoms with Crippen molar-refractivity contribution >= 4 is 17.5 Å². The summed E-state index contributed by atoms with van der Waals surface area (Å²) >= 11 is 0. The summed E-state index contributed by atoms with van der Waals surface area (Å²) in [6.07, 6.45) is -0.526. The lowest BCUT2D eigenvalue weighted by molar-refractivity contribution is -0.123. The third-order valence-corrected chi connectivity index (χ3v) is 2.90. The molecule has 0 bridgehead atoms. The third kappa shape index (κ3) is 2.85. The molecule has 2 unspecified atom stereocenters. The van der Waals surface area contributed by atoms with Crippen LogP contribution in [0.3, 0.4) is 0 Å². The topological polar surface area (TPSA) is 87.7 Å². The van der Waals surface area contributed by atoms with Gasteiger partial charge in [0.25, 0.3) is 5.91 Å². The molecule has 2 rings (SSSR count). The number of amides is 2. The van der Waals surface area contributed by atoms with Crippen molar-refractivity contribution in [2.45, 2.75) is 26.0 Å². The zero-order valence-corrected chi connectivity index (χ0v) is 10.8. The molecule has 102 valence electrons. The molecule has 0 spiro atoms. The molecular formula is C13H16N2O4. The summed E-state index contributed by atoms with van der Waals surface area (Å²) in [7, 11) is 0. The van der Waals surface area contributed by atoms with Crippen LogP contribution in [0.5, 0.6) is 5.75 Å². The van der Waals surface area contributed by atoms with E-state index in [1.165, 1.54) is 6.92 Å². The minimum absolute atomic E-state index is 0.218. The summed E-state index contributed by atoms with van der Waals surface area (Å²) in [6.45, 7) is 2.83. The lowest BCUT2D eigenvalue weighted by atomic mass is 10.1. The lowest BCUT2D eigenvalue weighted by Gasteiger charge is -2.25. The number of anilines is 1. The van der Waals surface area contributed by atoms with Crippen LogP contribution in [-0.2, 0) is 9.59 Å². The maximum Gasteiger partial charge on any atom is 0.265 e. The normalized spacial score (nSPS) is 18.9. The Kier molecular flexibility index (Phi) is 3.71. The predicted molar refractivity (Wildman–Crippen MR) is 68.8 cm³/mol. The van der Waals surface area contributed by atoms with E-state index in [-0.39, 0.29) is 18.4 Å². The van der Waals surface area contributed by atoms with E-state index in [2.05, 4.69) is 10.6 Å². The van der Waals surface area contributed by atoms with E-state index in [0.29, 0.717) is 17.0 Å². The van der Waals surface area contributed by atoms with Gasteiger partial charge < -0.3 is 20.5 Å². The van der Waals surface area contributed by atoms with Gasteiger partial charge in [-0.1, -0.05) is 6.07 Å². The maximum absolute atomic E-state index is 11.5. The van der Waals surface area contributed by atoms with E-state index in [1.807, 2.05) is 0 Å². The van der Waals surface area contributed by atoms with Crippen LogP contribution in [0.15, 0.2) is 18.2 Å². The molecule has 19 heavy (non-hydrogen) atoms. The molecule has 3 N–H and O–H groups in total. The fourth-order valence-electron chi connectivity index (χ4n) is 1.92. The second kappa shape index (κ2) is 5.27. The predicted octanol–water partition coefficient (Wildman–Crippen LogP) is 0.575. The molecule has 1 aliphatic heterocycles. The van der Waals surface area contributed by atoms with Crippen molar-refractivity contribution in [2.75, 3.05) is 11.9 Å². The second-order valence-electron chi connectivity index (χ2n) is 4.44. The van der Waals surface area contributed by atoms with Gasteiger partial charge in [-0.3, -0.25) is 9.59 Å². The molecular weight excluding hydrogens is 248 g/mol. The molecule has 0 aliphatic carbocycles. The smallest absolute Gasteiger partial charge is 0.265 e. The Bertz CT molecular complexity index is 515. The van der Waals surface area contributed by atoms with E-state index < -0.39 is 12.1 Å².